The zero-order valence-corrected chi connectivity index (χ0v) is 12.1. The van der Waals surface area contributed by atoms with E-state index in [1.807, 2.05) is 12.1 Å². The molecule has 0 amide bonds. The molecule has 0 aliphatic carbocycles. The summed E-state index contributed by atoms with van der Waals surface area (Å²) in [6.07, 6.45) is 0. The van der Waals surface area contributed by atoms with E-state index in [1.54, 1.807) is 0 Å². The number of hydrogen-bond donors (Lipinski definition) is 2. The first-order chi connectivity index (χ1) is 9.00. The number of para-hydroxylation sites is 1. The van der Waals surface area contributed by atoms with Gasteiger partial charge in [-0.3, -0.25) is 10.3 Å². The topological polar surface area (TPSA) is 56.4 Å². The van der Waals surface area contributed by atoms with Gasteiger partial charge < -0.3 is 10.6 Å². The minimum atomic E-state index is 0.157. The van der Waals surface area contributed by atoms with Crippen molar-refractivity contribution in [2.24, 2.45) is 5.73 Å². The van der Waals surface area contributed by atoms with Gasteiger partial charge >= 0.3 is 0 Å². The Kier molecular flexibility index (Phi) is 4.10. The summed E-state index contributed by atoms with van der Waals surface area (Å²) in [5.41, 5.74) is 8.91. The molecule has 104 valence electrons. The van der Waals surface area contributed by atoms with Crippen LogP contribution in [0.5, 0.6) is 0 Å². The molecule has 1 aromatic carbocycles. The Balaban J connectivity index is 2.22. The van der Waals surface area contributed by atoms with E-state index in [2.05, 4.69) is 36.6 Å². The first-order valence-corrected chi connectivity index (χ1v) is 6.93. The highest BCUT2D eigenvalue weighted by molar-refractivity contribution is 6.01. The average molecular weight is 260 g/mol. The lowest BCUT2D eigenvalue weighted by Gasteiger charge is -2.39. The van der Waals surface area contributed by atoms with Crippen LogP contribution in [0, 0.1) is 12.3 Å². The number of nitrogens with one attached hydrogen (secondary N) is 1. The van der Waals surface area contributed by atoms with Gasteiger partial charge in [-0.1, -0.05) is 12.1 Å². The molecule has 1 aliphatic heterocycles. The van der Waals surface area contributed by atoms with Crippen molar-refractivity contribution in [3.8, 4) is 0 Å². The number of nitrogens with two attached hydrogens (primary N) is 1. The number of piperazine rings is 1. The molecule has 2 rings (SSSR count). The smallest absolute Gasteiger partial charge is 0.124 e. The summed E-state index contributed by atoms with van der Waals surface area (Å²) >= 11 is 0. The first kappa shape index (κ1) is 13.9. The van der Waals surface area contributed by atoms with Gasteiger partial charge in [0.1, 0.15) is 5.84 Å². The fraction of sp³-hybridized carbons (Fsp3) is 0.533. The molecular weight excluding hydrogens is 236 g/mol. The molecular formula is C15H24N4. The summed E-state index contributed by atoms with van der Waals surface area (Å²) in [6.45, 7) is 10.7. The van der Waals surface area contributed by atoms with Crippen molar-refractivity contribution in [3.63, 3.8) is 0 Å². The van der Waals surface area contributed by atoms with Gasteiger partial charge in [-0.2, -0.15) is 0 Å². The molecule has 1 aliphatic rings. The highest BCUT2D eigenvalue weighted by Crippen LogP contribution is 2.26. The van der Waals surface area contributed by atoms with Gasteiger partial charge in [-0.25, -0.2) is 0 Å². The Morgan fingerprint density at radius 1 is 1.21 bits per heavy atom. The van der Waals surface area contributed by atoms with E-state index in [9.17, 15) is 0 Å². The van der Waals surface area contributed by atoms with E-state index in [0.29, 0.717) is 6.04 Å². The second-order valence-electron chi connectivity index (χ2n) is 5.50. The maximum atomic E-state index is 7.74. The molecule has 3 N–H and O–H groups in total. The number of anilines is 1. The average Bonchev–Trinajstić information content (AvgIpc) is 2.38. The normalized spacial score (nSPS) is 16.9. The van der Waals surface area contributed by atoms with Crippen LogP contribution in [-0.4, -0.2) is 43.0 Å². The van der Waals surface area contributed by atoms with Crippen LogP contribution in [0.1, 0.15) is 25.0 Å². The van der Waals surface area contributed by atoms with Gasteiger partial charge in [0.05, 0.1) is 5.69 Å². The Bertz CT molecular complexity index is 459. The Labute approximate surface area is 115 Å². The van der Waals surface area contributed by atoms with Crippen molar-refractivity contribution in [2.45, 2.75) is 26.8 Å². The Morgan fingerprint density at radius 3 is 2.37 bits per heavy atom. The highest BCUT2D eigenvalue weighted by Gasteiger charge is 2.22. The minimum Gasteiger partial charge on any atom is -0.384 e. The maximum Gasteiger partial charge on any atom is 0.124 e. The fourth-order valence-electron chi connectivity index (χ4n) is 2.76. The minimum absolute atomic E-state index is 0.157. The third-order valence-corrected chi connectivity index (χ3v) is 3.89. The number of hydrogen-bond acceptors (Lipinski definition) is 3. The monoisotopic (exact) mass is 260 g/mol. The van der Waals surface area contributed by atoms with Crippen LogP contribution in [0.25, 0.3) is 0 Å². The largest absolute Gasteiger partial charge is 0.384 e. The summed E-state index contributed by atoms with van der Waals surface area (Å²) in [7, 11) is 0. The van der Waals surface area contributed by atoms with Gasteiger partial charge in [-0.15, -0.1) is 0 Å². The molecule has 0 saturated carbocycles. The lowest BCUT2D eigenvalue weighted by molar-refractivity contribution is 0.209. The van der Waals surface area contributed by atoms with Gasteiger partial charge in [0.15, 0.2) is 0 Å². The number of nitrogen functional groups attached to an aromatic ring is 1. The van der Waals surface area contributed by atoms with Crippen LogP contribution in [0.4, 0.5) is 5.69 Å². The number of aryl methyl sites for hydroxylation is 1. The lowest BCUT2D eigenvalue weighted by Crippen LogP contribution is -2.49. The number of amidine groups is 1. The molecule has 0 aromatic heterocycles. The van der Waals surface area contributed by atoms with Crippen molar-refractivity contribution < 1.29 is 0 Å². The second kappa shape index (κ2) is 5.61. The van der Waals surface area contributed by atoms with Gasteiger partial charge in [0, 0.05) is 37.8 Å². The summed E-state index contributed by atoms with van der Waals surface area (Å²) in [4.78, 5) is 4.85. The zero-order chi connectivity index (χ0) is 14.0. The van der Waals surface area contributed by atoms with E-state index >= 15 is 0 Å². The molecule has 1 fully saturated rings. The third-order valence-electron chi connectivity index (χ3n) is 3.89. The summed E-state index contributed by atoms with van der Waals surface area (Å²) in [5, 5.41) is 7.74. The lowest BCUT2D eigenvalue weighted by atomic mass is 10.0. The van der Waals surface area contributed by atoms with Crippen molar-refractivity contribution in [3.05, 3.63) is 29.3 Å². The van der Waals surface area contributed by atoms with Crippen LogP contribution < -0.4 is 10.6 Å². The molecule has 0 atom stereocenters. The van der Waals surface area contributed by atoms with E-state index in [1.165, 1.54) is 5.56 Å². The highest BCUT2D eigenvalue weighted by atomic mass is 15.3. The molecule has 1 aromatic rings. The predicted octanol–water partition coefficient (Wildman–Crippen LogP) is 1.81. The van der Waals surface area contributed by atoms with Crippen LogP contribution >= 0.6 is 0 Å². The van der Waals surface area contributed by atoms with Crippen LogP contribution in [0.2, 0.25) is 0 Å². The molecule has 0 bridgehead atoms. The molecule has 0 radical (unpaired) electrons. The summed E-state index contributed by atoms with van der Waals surface area (Å²) in [5.74, 6) is 0.157. The Hall–Kier alpha value is -1.55. The van der Waals surface area contributed by atoms with Gasteiger partial charge in [0.2, 0.25) is 0 Å². The van der Waals surface area contributed by atoms with Crippen LogP contribution in [0.15, 0.2) is 18.2 Å². The second-order valence-corrected chi connectivity index (χ2v) is 5.50. The quantitative estimate of drug-likeness (QED) is 0.644. The molecule has 1 heterocycles. The molecule has 0 unspecified atom stereocenters. The molecule has 4 heteroatoms. The van der Waals surface area contributed by atoms with Crippen LogP contribution in [0.3, 0.4) is 0 Å². The third kappa shape index (κ3) is 2.89. The van der Waals surface area contributed by atoms with Crippen molar-refractivity contribution in [1.29, 1.82) is 5.41 Å². The fourth-order valence-corrected chi connectivity index (χ4v) is 2.76. The zero-order valence-electron chi connectivity index (χ0n) is 12.1. The Morgan fingerprint density at radius 2 is 1.84 bits per heavy atom. The van der Waals surface area contributed by atoms with E-state index in [0.717, 1.165) is 37.4 Å². The number of rotatable bonds is 3. The molecule has 19 heavy (non-hydrogen) atoms. The van der Waals surface area contributed by atoms with Crippen molar-refractivity contribution >= 4 is 11.5 Å². The molecule has 4 nitrogen and oxygen atoms in total. The maximum absolute atomic E-state index is 7.74. The predicted molar refractivity (Wildman–Crippen MR) is 81.1 cm³/mol. The first-order valence-electron chi connectivity index (χ1n) is 6.93. The van der Waals surface area contributed by atoms with E-state index in [-0.39, 0.29) is 5.84 Å². The number of benzene rings is 1. The summed E-state index contributed by atoms with van der Waals surface area (Å²) in [6, 6.07) is 6.61. The molecule has 1 saturated heterocycles. The summed E-state index contributed by atoms with van der Waals surface area (Å²) < 4.78 is 0. The van der Waals surface area contributed by atoms with E-state index < -0.39 is 0 Å². The molecule has 0 spiro atoms. The standard InChI is InChI=1S/C15H24N4/c1-11(2)18-7-9-19(10-8-18)14-12(3)5-4-6-13(14)15(16)17/h4-6,11H,7-10H2,1-3H3,(H3,16,17). The number of nitrogens with zero attached hydrogens (tertiary/aromatic N) is 2. The van der Waals surface area contributed by atoms with Crippen molar-refractivity contribution in [2.75, 3.05) is 31.1 Å². The van der Waals surface area contributed by atoms with Crippen LogP contribution in [-0.2, 0) is 0 Å². The van der Waals surface area contributed by atoms with Gasteiger partial charge in [0.25, 0.3) is 0 Å². The van der Waals surface area contributed by atoms with Gasteiger partial charge in [-0.05, 0) is 32.4 Å². The SMILES string of the molecule is Cc1cccc(C(=N)N)c1N1CCN(C(C)C)CC1. The van der Waals surface area contributed by atoms with Crippen molar-refractivity contribution in [1.82, 2.24) is 4.90 Å². The van der Waals surface area contributed by atoms with E-state index in [4.69, 9.17) is 11.1 Å².